The lowest BCUT2D eigenvalue weighted by atomic mass is 10.1. The van der Waals surface area contributed by atoms with Gasteiger partial charge >= 0.3 is 0 Å². The van der Waals surface area contributed by atoms with Crippen LogP contribution in [0.1, 0.15) is 65.2 Å². The summed E-state index contributed by atoms with van der Waals surface area (Å²) in [5, 5.41) is 19.2. The molecule has 0 radical (unpaired) electrons. The normalized spacial score (nSPS) is 15.6. The Morgan fingerprint density at radius 1 is 0.722 bits per heavy atom. The van der Waals surface area contributed by atoms with Crippen LogP contribution in [0, 0.1) is 0 Å². The highest BCUT2D eigenvalue weighted by atomic mass is 16.3. The summed E-state index contributed by atoms with van der Waals surface area (Å²) in [4.78, 5) is 0. The van der Waals surface area contributed by atoms with Crippen LogP contribution >= 0.6 is 0 Å². The predicted molar refractivity (Wildman–Crippen MR) is 78.6 cm³/mol. The van der Waals surface area contributed by atoms with Crippen molar-refractivity contribution in [3.05, 3.63) is 24.3 Å². The zero-order valence-corrected chi connectivity index (χ0v) is 12.0. The fourth-order valence-electron chi connectivity index (χ4n) is 1.77. The highest BCUT2D eigenvalue weighted by Crippen LogP contribution is 2.06. The van der Waals surface area contributed by atoms with Gasteiger partial charge in [-0.3, -0.25) is 0 Å². The van der Waals surface area contributed by atoms with Gasteiger partial charge in [-0.25, -0.2) is 0 Å². The topological polar surface area (TPSA) is 40.5 Å². The van der Waals surface area contributed by atoms with Crippen LogP contribution in [0.2, 0.25) is 0 Å². The Morgan fingerprint density at radius 2 is 1.22 bits per heavy atom. The highest BCUT2D eigenvalue weighted by molar-refractivity contribution is 5.06. The highest BCUT2D eigenvalue weighted by Gasteiger charge is 1.98. The van der Waals surface area contributed by atoms with Crippen molar-refractivity contribution in [2.24, 2.45) is 0 Å². The minimum absolute atomic E-state index is 0.348. The molecule has 0 aliphatic rings. The Bertz CT molecular complexity index is 221. The molecule has 106 valence electrons. The number of aliphatic hydroxyl groups excluding tert-OH is 2. The zero-order valence-electron chi connectivity index (χ0n) is 12.0. The van der Waals surface area contributed by atoms with E-state index in [9.17, 15) is 10.2 Å². The lowest BCUT2D eigenvalue weighted by molar-refractivity contribution is 0.207. The van der Waals surface area contributed by atoms with Gasteiger partial charge in [0.05, 0.1) is 12.2 Å². The summed E-state index contributed by atoms with van der Waals surface area (Å²) in [5.41, 5.74) is 0. The molecule has 2 nitrogen and oxygen atoms in total. The van der Waals surface area contributed by atoms with E-state index >= 15 is 0 Å². The molecular weight excluding hydrogens is 224 g/mol. The smallest absolute Gasteiger partial charge is 0.0723 e. The quantitative estimate of drug-likeness (QED) is 0.432. The average Bonchev–Trinajstić information content (AvgIpc) is 2.37. The number of aliphatic hydroxyl groups is 2. The van der Waals surface area contributed by atoms with Crippen molar-refractivity contribution in [2.75, 3.05) is 0 Å². The van der Waals surface area contributed by atoms with Crippen LogP contribution in [-0.2, 0) is 0 Å². The summed E-state index contributed by atoms with van der Waals surface area (Å²) in [5.74, 6) is 0. The van der Waals surface area contributed by atoms with E-state index in [1.165, 1.54) is 19.3 Å². The van der Waals surface area contributed by atoms with Gasteiger partial charge in [0.2, 0.25) is 0 Å². The molecule has 0 saturated carbocycles. The molecule has 2 unspecified atom stereocenters. The van der Waals surface area contributed by atoms with E-state index in [0.29, 0.717) is 0 Å². The Kier molecular flexibility index (Phi) is 12.4. The van der Waals surface area contributed by atoms with Crippen LogP contribution in [0.4, 0.5) is 0 Å². The van der Waals surface area contributed by atoms with Crippen LogP contribution in [0.5, 0.6) is 0 Å². The van der Waals surface area contributed by atoms with Gasteiger partial charge < -0.3 is 10.2 Å². The molecule has 2 N–H and O–H groups in total. The summed E-state index contributed by atoms with van der Waals surface area (Å²) >= 11 is 0. The van der Waals surface area contributed by atoms with Gasteiger partial charge in [-0.05, 0) is 12.8 Å². The number of hydrogen-bond donors (Lipinski definition) is 2. The molecule has 2 heteroatoms. The van der Waals surface area contributed by atoms with Gasteiger partial charge in [0.15, 0.2) is 0 Å². The molecule has 0 aromatic heterocycles. The third-order valence-electron chi connectivity index (χ3n) is 2.98. The molecule has 0 aromatic carbocycles. The molecule has 0 rings (SSSR count). The number of unbranched alkanes of at least 4 members (excludes halogenated alkanes) is 4. The number of allylic oxidation sites excluding steroid dienone is 2. The van der Waals surface area contributed by atoms with Gasteiger partial charge in [-0.2, -0.15) is 0 Å². The molecule has 2 atom stereocenters. The summed E-state index contributed by atoms with van der Waals surface area (Å²) in [6.45, 7) is 4.30. The first-order valence-electron chi connectivity index (χ1n) is 7.41. The van der Waals surface area contributed by atoms with Crippen molar-refractivity contribution in [1.82, 2.24) is 0 Å². The molecule has 18 heavy (non-hydrogen) atoms. The van der Waals surface area contributed by atoms with E-state index in [-0.39, 0.29) is 12.2 Å². The van der Waals surface area contributed by atoms with Crippen LogP contribution in [0.3, 0.4) is 0 Å². The van der Waals surface area contributed by atoms with E-state index in [0.717, 1.165) is 32.1 Å². The van der Waals surface area contributed by atoms with E-state index in [2.05, 4.69) is 13.8 Å². The summed E-state index contributed by atoms with van der Waals surface area (Å²) < 4.78 is 0. The first-order chi connectivity index (χ1) is 8.70. The van der Waals surface area contributed by atoms with Gasteiger partial charge in [0, 0.05) is 0 Å². The molecule has 0 heterocycles. The van der Waals surface area contributed by atoms with Crippen LogP contribution in [0.15, 0.2) is 24.3 Å². The zero-order chi connectivity index (χ0) is 13.6. The van der Waals surface area contributed by atoms with Crippen molar-refractivity contribution in [2.45, 2.75) is 77.4 Å². The van der Waals surface area contributed by atoms with Crippen LogP contribution in [0.25, 0.3) is 0 Å². The molecule has 0 aliphatic heterocycles. The Labute approximate surface area is 112 Å². The third kappa shape index (κ3) is 11.9. The van der Waals surface area contributed by atoms with Gasteiger partial charge in [0.1, 0.15) is 0 Å². The molecule has 0 bridgehead atoms. The second-order valence-electron chi connectivity index (χ2n) is 4.90. The number of rotatable bonds is 11. The van der Waals surface area contributed by atoms with Gasteiger partial charge in [-0.15, -0.1) is 0 Å². The van der Waals surface area contributed by atoms with E-state index < -0.39 is 0 Å². The van der Waals surface area contributed by atoms with Crippen molar-refractivity contribution in [1.29, 1.82) is 0 Å². The van der Waals surface area contributed by atoms with Gasteiger partial charge in [0.25, 0.3) is 0 Å². The summed E-state index contributed by atoms with van der Waals surface area (Å²) in [7, 11) is 0. The lowest BCUT2D eigenvalue weighted by Crippen LogP contribution is -2.02. The molecule has 0 aromatic rings. The van der Waals surface area contributed by atoms with Crippen molar-refractivity contribution < 1.29 is 10.2 Å². The van der Waals surface area contributed by atoms with Crippen LogP contribution in [-0.4, -0.2) is 22.4 Å². The molecule has 0 amide bonds. The fraction of sp³-hybridized carbons (Fsp3) is 0.750. The Hall–Kier alpha value is -0.600. The third-order valence-corrected chi connectivity index (χ3v) is 2.98. The molecular formula is C16H30O2. The first-order valence-corrected chi connectivity index (χ1v) is 7.41. The second kappa shape index (κ2) is 12.8. The Balaban J connectivity index is 3.63. The van der Waals surface area contributed by atoms with Crippen LogP contribution < -0.4 is 0 Å². The largest absolute Gasteiger partial charge is 0.389 e. The molecule has 0 fully saturated rings. The summed E-state index contributed by atoms with van der Waals surface area (Å²) in [6, 6.07) is 0. The first kappa shape index (κ1) is 17.4. The molecule has 0 aliphatic carbocycles. The maximum atomic E-state index is 9.67. The maximum absolute atomic E-state index is 9.67. The molecule has 0 saturated heterocycles. The van der Waals surface area contributed by atoms with Gasteiger partial charge in [-0.1, -0.05) is 76.7 Å². The maximum Gasteiger partial charge on any atom is 0.0723 e. The minimum Gasteiger partial charge on any atom is -0.389 e. The van der Waals surface area contributed by atoms with Crippen molar-refractivity contribution >= 4 is 0 Å². The standard InChI is InChI=1S/C16H30O2/c1-3-5-7-8-12-16(18)14-10-9-13-15(17)11-6-4-2/h9-10,13-18H,3-8,11-12H2,1-2H3/b13-9+,14-10?. The predicted octanol–water partition coefficient (Wildman–Crippen LogP) is 3.98. The number of hydrogen-bond acceptors (Lipinski definition) is 2. The summed E-state index contributed by atoms with van der Waals surface area (Å²) in [6.07, 6.45) is 15.1. The van der Waals surface area contributed by atoms with Crippen molar-refractivity contribution in [3.63, 3.8) is 0 Å². The monoisotopic (exact) mass is 254 g/mol. The minimum atomic E-state index is -0.351. The Morgan fingerprint density at radius 3 is 1.72 bits per heavy atom. The SMILES string of the molecule is CCCCCCC(O)C=C/C=C/C(O)CCCC. The lowest BCUT2D eigenvalue weighted by Gasteiger charge is -2.04. The average molecular weight is 254 g/mol. The fourth-order valence-corrected chi connectivity index (χ4v) is 1.77. The van der Waals surface area contributed by atoms with Crippen molar-refractivity contribution in [3.8, 4) is 0 Å². The molecule has 0 spiro atoms. The van der Waals surface area contributed by atoms with E-state index in [4.69, 9.17) is 0 Å². The van der Waals surface area contributed by atoms with E-state index in [1.54, 1.807) is 12.2 Å². The second-order valence-corrected chi connectivity index (χ2v) is 4.90. The van der Waals surface area contributed by atoms with E-state index in [1.807, 2.05) is 12.2 Å².